The van der Waals surface area contributed by atoms with E-state index >= 15 is 0 Å². The molecule has 0 N–H and O–H groups in total. The van der Waals surface area contributed by atoms with Crippen LogP contribution in [-0.2, 0) is 5.88 Å². The number of alkyl halides is 4. The molecule has 0 aromatic heterocycles. The van der Waals surface area contributed by atoms with E-state index in [1.54, 1.807) is 12.1 Å². The minimum absolute atomic E-state index is 0.0875. The molecule has 0 unspecified atom stereocenters. The Hall–Kier alpha value is -0.810. The predicted molar refractivity (Wildman–Crippen MR) is 68.3 cm³/mol. The monoisotopic (exact) mass is 316 g/mol. The number of halogens is 5. The molecule has 1 rings (SSSR count). The molecule has 0 aliphatic heterocycles. The maximum absolute atomic E-state index is 12.0. The van der Waals surface area contributed by atoms with Gasteiger partial charge in [0.1, 0.15) is 0 Å². The van der Waals surface area contributed by atoms with Gasteiger partial charge in [-0.15, -0.1) is 11.6 Å². The van der Waals surface area contributed by atoms with Crippen molar-refractivity contribution in [2.75, 3.05) is 13.7 Å². The van der Waals surface area contributed by atoms with Crippen molar-refractivity contribution in [3.8, 4) is 11.5 Å². The maximum Gasteiger partial charge on any atom is 0.389 e. The van der Waals surface area contributed by atoms with Gasteiger partial charge in [-0.2, -0.15) is 13.2 Å². The van der Waals surface area contributed by atoms with E-state index in [-0.39, 0.29) is 29.7 Å². The molecule has 0 radical (unpaired) electrons. The zero-order valence-corrected chi connectivity index (χ0v) is 11.7. The number of benzene rings is 1. The van der Waals surface area contributed by atoms with Crippen LogP contribution in [0, 0.1) is 0 Å². The lowest BCUT2D eigenvalue weighted by Gasteiger charge is -2.14. The van der Waals surface area contributed by atoms with Gasteiger partial charge in [0.05, 0.1) is 18.7 Å². The molecule has 108 valence electrons. The van der Waals surface area contributed by atoms with Crippen molar-refractivity contribution in [3.63, 3.8) is 0 Å². The molecule has 0 aliphatic rings. The van der Waals surface area contributed by atoms with Crippen molar-refractivity contribution in [3.05, 3.63) is 22.7 Å². The second-order valence-electron chi connectivity index (χ2n) is 3.81. The second-order valence-corrected chi connectivity index (χ2v) is 4.48. The van der Waals surface area contributed by atoms with E-state index in [1.807, 2.05) is 0 Å². The summed E-state index contributed by atoms with van der Waals surface area (Å²) < 4.78 is 46.3. The second kappa shape index (κ2) is 7.10. The van der Waals surface area contributed by atoms with Gasteiger partial charge in [0.15, 0.2) is 11.5 Å². The van der Waals surface area contributed by atoms with Crippen molar-refractivity contribution in [1.82, 2.24) is 0 Å². The third-order valence-electron chi connectivity index (χ3n) is 2.29. The first-order valence-electron chi connectivity index (χ1n) is 5.49. The van der Waals surface area contributed by atoms with Gasteiger partial charge in [0.2, 0.25) is 0 Å². The fourth-order valence-corrected chi connectivity index (χ4v) is 1.88. The summed E-state index contributed by atoms with van der Waals surface area (Å²) in [6, 6.07) is 3.23. The third-order valence-corrected chi connectivity index (χ3v) is 2.88. The van der Waals surface area contributed by atoms with E-state index in [2.05, 4.69) is 0 Å². The standard InChI is InChI=1S/C12H13Cl2F3O2/c1-18-10-6-8(7-13)5-9(14)11(10)19-4-2-3-12(15,16)17/h5-6H,2-4,7H2,1H3. The zero-order valence-electron chi connectivity index (χ0n) is 10.2. The number of ether oxygens (including phenoxy) is 2. The Bertz CT molecular complexity index is 422. The van der Waals surface area contributed by atoms with E-state index in [9.17, 15) is 13.2 Å². The average molecular weight is 317 g/mol. The number of hydrogen-bond acceptors (Lipinski definition) is 2. The number of hydrogen-bond donors (Lipinski definition) is 0. The summed E-state index contributed by atoms with van der Waals surface area (Å²) >= 11 is 11.7. The molecule has 0 saturated carbocycles. The largest absolute Gasteiger partial charge is 0.493 e. The molecule has 0 atom stereocenters. The molecule has 0 fully saturated rings. The Morgan fingerprint density at radius 2 is 1.95 bits per heavy atom. The fraction of sp³-hybridized carbons (Fsp3) is 0.500. The van der Waals surface area contributed by atoms with Gasteiger partial charge in [0.25, 0.3) is 0 Å². The highest BCUT2D eigenvalue weighted by molar-refractivity contribution is 6.32. The Morgan fingerprint density at radius 3 is 2.47 bits per heavy atom. The van der Waals surface area contributed by atoms with E-state index in [4.69, 9.17) is 32.7 Å². The van der Waals surface area contributed by atoms with E-state index in [0.717, 1.165) is 5.56 Å². The highest BCUT2D eigenvalue weighted by atomic mass is 35.5. The Morgan fingerprint density at radius 1 is 1.26 bits per heavy atom. The molecule has 1 aromatic rings. The smallest absolute Gasteiger partial charge is 0.389 e. The van der Waals surface area contributed by atoms with Crippen molar-refractivity contribution < 1.29 is 22.6 Å². The molecule has 0 bridgehead atoms. The van der Waals surface area contributed by atoms with Gasteiger partial charge in [-0.1, -0.05) is 11.6 Å². The maximum atomic E-state index is 12.0. The highest BCUT2D eigenvalue weighted by Crippen LogP contribution is 2.37. The number of rotatable bonds is 6. The van der Waals surface area contributed by atoms with Crippen molar-refractivity contribution in [2.24, 2.45) is 0 Å². The molecular weight excluding hydrogens is 304 g/mol. The minimum Gasteiger partial charge on any atom is -0.493 e. The SMILES string of the molecule is COc1cc(CCl)cc(Cl)c1OCCCC(F)(F)F. The molecular formula is C12H13Cl2F3O2. The van der Waals surface area contributed by atoms with E-state index in [0.29, 0.717) is 5.75 Å². The van der Waals surface area contributed by atoms with Crippen LogP contribution in [0.15, 0.2) is 12.1 Å². The first kappa shape index (κ1) is 16.2. The number of methoxy groups -OCH3 is 1. The molecule has 0 aliphatic carbocycles. The first-order valence-corrected chi connectivity index (χ1v) is 6.40. The lowest BCUT2D eigenvalue weighted by atomic mass is 10.2. The van der Waals surface area contributed by atoms with Crippen molar-refractivity contribution in [2.45, 2.75) is 24.9 Å². The molecule has 7 heteroatoms. The quantitative estimate of drug-likeness (QED) is 0.554. The summed E-state index contributed by atoms with van der Waals surface area (Å²) in [5.74, 6) is 0.847. The predicted octanol–water partition coefficient (Wildman–Crippen LogP) is 4.81. The summed E-state index contributed by atoms with van der Waals surface area (Å²) in [5, 5.41) is 0.266. The summed E-state index contributed by atoms with van der Waals surface area (Å²) in [5.41, 5.74) is 0.742. The van der Waals surface area contributed by atoms with Crippen LogP contribution in [0.3, 0.4) is 0 Å². The normalized spacial score (nSPS) is 11.5. The van der Waals surface area contributed by atoms with E-state index < -0.39 is 12.6 Å². The van der Waals surface area contributed by atoms with Gasteiger partial charge >= 0.3 is 6.18 Å². The Balaban J connectivity index is 2.67. The third kappa shape index (κ3) is 5.37. The lowest BCUT2D eigenvalue weighted by Crippen LogP contribution is -2.10. The zero-order chi connectivity index (χ0) is 14.5. The van der Waals surface area contributed by atoms with Gasteiger partial charge in [-0.3, -0.25) is 0 Å². The molecule has 1 aromatic carbocycles. The molecule has 19 heavy (non-hydrogen) atoms. The van der Waals surface area contributed by atoms with Gasteiger partial charge in [-0.25, -0.2) is 0 Å². The van der Waals surface area contributed by atoms with Crippen LogP contribution in [0.1, 0.15) is 18.4 Å². The Kier molecular flexibility index (Phi) is 6.07. The molecule has 0 heterocycles. The van der Waals surface area contributed by atoms with Crippen LogP contribution in [0.5, 0.6) is 11.5 Å². The molecule has 2 nitrogen and oxygen atoms in total. The molecule has 0 saturated heterocycles. The average Bonchev–Trinajstić information content (AvgIpc) is 2.34. The molecule has 0 amide bonds. The van der Waals surface area contributed by atoms with Gasteiger partial charge in [-0.05, 0) is 24.1 Å². The fourth-order valence-electron chi connectivity index (χ4n) is 1.44. The van der Waals surface area contributed by atoms with Gasteiger partial charge < -0.3 is 9.47 Å². The van der Waals surface area contributed by atoms with Crippen molar-refractivity contribution >= 4 is 23.2 Å². The summed E-state index contributed by atoms with van der Waals surface area (Å²) in [6.45, 7) is -0.0875. The summed E-state index contributed by atoms with van der Waals surface area (Å²) in [4.78, 5) is 0. The van der Waals surface area contributed by atoms with Crippen LogP contribution in [-0.4, -0.2) is 19.9 Å². The minimum atomic E-state index is -4.18. The van der Waals surface area contributed by atoms with Crippen LogP contribution in [0.4, 0.5) is 13.2 Å². The first-order chi connectivity index (χ1) is 8.87. The molecule has 0 spiro atoms. The summed E-state index contributed by atoms with van der Waals surface area (Å²) in [7, 11) is 1.42. The van der Waals surface area contributed by atoms with Crippen LogP contribution in [0.25, 0.3) is 0 Å². The van der Waals surface area contributed by atoms with Crippen LogP contribution >= 0.6 is 23.2 Å². The highest BCUT2D eigenvalue weighted by Gasteiger charge is 2.26. The van der Waals surface area contributed by atoms with Gasteiger partial charge in [0, 0.05) is 12.3 Å². The van der Waals surface area contributed by atoms with Crippen molar-refractivity contribution in [1.29, 1.82) is 0 Å². The van der Waals surface area contributed by atoms with E-state index in [1.165, 1.54) is 7.11 Å². The van der Waals surface area contributed by atoms with Crippen LogP contribution < -0.4 is 9.47 Å². The summed E-state index contributed by atoms with van der Waals surface area (Å²) in [6.07, 6.45) is -5.22. The Labute approximate surface area is 119 Å². The van der Waals surface area contributed by atoms with Crippen LogP contribution in [0.2, 0.25) is 5.02 Å². The topological polar surface area (TPSA) is 18.5 Å². The lowest BCUT2D eigenvalue weighted by molar-refractivity contribution is -0.136.